The van der Waals surface area contributed by atoms with E-state index in [0.29, 0.717) is 12.1 Å². The molecule has 19 heavy (non-hydrogen) atoms. The predicted octanol–water partition coefficient (Wildman–Crippen LogP) is 3.25. The molecule has 1 aromatic rings. The number of hydrogen-bond acceptors (Lipinski definition) is 4. The molecule has 0 fully saturated rings. The van der Waals surface area contributed by atoms with Crippen molar-refractivity contribution in [2.24, 2.45) is 0 Å². The van der Waals surface area contributed by atoms with Crippen molar-refractivity contribution in [1.29, 1.82) is 0 Å². The van der Waals surface area contributed by atoms with Crippen LogP contribution < -0.4 is 14.8 Å². The zero-order valence-corrected chi connectivity index (χ0v) is 12.8. The molecule has 0 saturated heterocycles. The topological polar surface area (TPSA) is 30.5 Å². The van der Waals surface area contributed by atoms with Crippen molar-refractivity contribution in [3.05, 3.63) is 23.8 Å². The van der Waals surface area contributed by atoms with Crippen LogP contribution >= 0.6 is 11.8 Å². The molecule has 2 atom stereocenters. The van der Waals surface area contributed by atoms with E-state index in [-0.39, 0.29) is 0 Å². The summed E-state index contributed by atoms with van der Waals surface area (Å²) >= 11 is 1.87. The summed E-state index contributed by atoms with van der Waals surface area (Å²) in [6.45, 7) is 5.89. The van der Waals surface area contributed by atoms with Gasteiger partial charge in [-0.25, -0.2) is 0 Å². The second-order valence-corrected chi connectivity index (χ2v) is 5.91. The fraction of sp³-hybridized carbons (Fsp3) is 0.600. The summed E-state index contributed by atoms with van der Waals surface area (Å²) in [4.78, 5) is 0. The Morgan fingerprint density at radius 1 is 1.21 bits per heavy atom. The van der Waals surface area contributed by atoms with E-state index in [9.17, 15) is 0 Å². The Morgan fingerprint density at radius 2 is 1.95 bits per heavy atom. The molecule has 1 aliphatic heterocycles. The van der Waals surface area contributed by atoms with E-state index in [1.165, 1.54) is 5.56 Å². The third-order valence-corrected chi connectivity index (χ3v) is 4.06. The molecule has 0 bridgehead atoms. The molecule has 1 aliphatic rings. The third-order valence-electron chi connectivity index (χ3n) is 3.22. The van der Waals surface area contributed by atoms with Crippen LogP contribution in [0.2, 0.25) is 0 Å². The lowest BCUT2D eigenvalue weighted by Crippen LogP contribution is -2.30. The molecule has 0 spiro atoms. The van der Waals surface area contributed by atoms with Gasteiger partial charge < -0.3 is 14.8 Å². The summed E-state index contributed by atoms with van der Waals surface area (Å²) in [5.41, 5.74) is 1.25. The Morgan fingerprint density at radius 3 is 2.68 bits per heavy atom. The Hall–Kier alpha value is -0.870. The number of benzene rings is 1. The van der Waals surface area contributed by atoms with E-state index in [0.717, 1.165) is 36.9 Å². The molecule has 0 saturated carbocycles. The molecular formula is C15H23NO2S. The van der Waals surface area contributed by atoms with Crippen LogP contribution in [0.3, 0.4) is 0 Å². The normalized spacial score (nSPS) is 17.6. The van der Waals surface area contributed by atoms with E-state index in [1.807, 2.05) is 17.8 Å². The first kappa shape index (κ1) is 14.5. The van der Waals surface area contributed by atoms with Gasteiger partial charge >= 0.3 is 0 Å². The first-order valence-corrected chi connectivity index (χ1v) is 8.24. The van der Waals surface area contributed by atoms with Gasteiger partial charge in [0.05, 0.1) is 13.2 Å². The molecule has 3 nitrogen and oxygen atoms in total. The highest BCUT2D eigenvalue weighted by Gasteiger charge is 2.14. The summed E-state index contributed by atoms with van der Waals surface area (Å²) in [5, 5.41) is 3.60. The maximum atomic E-state index is 5.73. The molecule has 0 radical (unpaired) electrons. The Bertz CT molecular complexity index is 411. The summed E-state index contributed by atoms with van der Waals surface area (Å²) in [6, 6.07) is 7.06. The van der Waals surface area contributed by atoms with Gasteiger partial charge in [0, 0.05) is 24.3 Å². The van der Waals surface area contributed by atoms with Crippen molar-refractivity contribution in [3.8, 4) is 11.5 Å². The van der Waals surface area contributed by atoms with Crippen LogP contribution in [0.25, 0.3) is 0 Å². The number of rotatable bonds is 5. The summed E-state index contributed by atoms with van der Waals surface area (Å²) in [5.74, 6) is 2.86. The highest BCUT2D eigenvalue weighted by atomic mass is 32.2. The number of fused-ring (bicyclic) bond motifs is 1. The van der Waals surface area contributed by atoms with Crippen molar-refractivity contribution in [3.63, 3.8) is 0 Å². The van der Waals surface area contributed by atoms with Gasteiger partial charge in [-0.05, 0) is 37.8 Å². The van der Waals surface area contributed by atoms with Crippen LogP contribution in [0.1, 0.15) is 31.9 Å². The van der Waals surface area contributed by atoms with Crippen molar-refractivity contribution in [2.75, 3.05) is 25.2 Å². The van der Waals surface area contributed by atoms with E-state index in [1.54, 1.807) is 0 Å². The average Bonchev–Trinajstić information content (AvgIpc) is 2.63. The summed E-state index contributed by atoms with van der Waals surface area (Å²) < 4.78 is 11.4. The van der Waals surface area contributed by atoms with Gasteiger partial charge in [-0.2, -0.15) is 11.8 Å². The zero-order chi connectivity index (χ0) is 13.7. The highest BCUT2D eigenvalue weighted by Crippen LogP contribution is 2.32. The minimum Gasteiger partial charge on any atom is -0.490 e. The Labute approximate surface area is 120 Å². The van der Waals surface area contributed by atoms with Crippen LogP contribution in [0.15, 0.2) is 18.2 Å². The third kappa shape index (κ3) is 4.05. The monoisotopic (exact) mass is 281 g/mol. The molecule has 106 valence electrons. The largest absolute Gasteiger partial charge is 0.490 e. The average molecular weight is 281 g/mol. The lowest BCUT2D eigenvalue weighted by molar-refractivity contribution is 0.297. The lowest BCUT2D eigenvalue weighted by atomic mass is 10.1. The molecule has 0 aliphatic carbocycles. The predicted molar refractivity (Wildman–Crippen MR) is 81.4 cm³/mol. The first-order valence-electron chi connectivity index (χ1n) is 6.85. The lowest BCUT2D eigenvalue weighted by Gasteiger charge is -2.20. The first-order chi connectivity index (χ1) is 9.20. The smallest absolute Gasteiger partial charge is 0.161 e. The maximum absolute atomic E-state index is 5.73. The molecule has 0 aromatic heterocycles. The number of nitrogens with one attached hydrogen (secondary N) is 1. The van der Waals surface area contributed by atoms with Crippen LogP contribution in [-0.2, 0) is 0 Å². The van der Waals surface area contributed by atoms with E-state index in [4.69, 9.17) is 9.47 Å². The molecular weight excluding hydrogens is 258 g/mol. The van der Waals surface area contributed by atoms with E-state index in [2.05, 4.69) is 37.6 Å². The highest BCUT2D eigenvalue weighted by molar-refractivity contribution is 7.98. The molecule has 1 N–H and O–H groups in total. The molecule has 4 heteroatoms. The molecule has 1 heterocycles. The van der Waals surface area contributed by atoms with Gasteiger partial charge in [0.25, 0.3) is 0 Å². The van der Waals surface area contributed by atoms with Crippen LogP contribution in [0, 0.1) is 0 Å². The summed E-state index contributed by atoms with van der Waals surface area (Å²) in [7, 11) is 0. The SMILES string of the molecule is CSCC(C)NC(C)c1ccc2c(c1)OCCCO2. The minimum atomic E-state index is 0.319. The Balaban J connectivity index is 2.06. The van der Waals surface area contributed by atoms with Crippen molar-refractivity contribution < 1.29 is 9.47 Å². The number of hydrogen-bond donors (Lipinski definition) is 1. The van der Waals surface area contributed by atoms with Gasteiger partial charge in [0.2, 0.25) is 0 Å². The van der Waals surface area contributed by atoms with E-state index >= 15 is 0 Å². The standard InChI is InChI=1S/C15H23NO2S/c1-11(10-19-3)16-12(2)13-5-6-14-15(9-13)18-8-4-7-17-14/h5-6,9,11-12,16H,4,7-8,10H2,1-3H3. The fourth-order valence-electron chi connectivity index (χ4n) is 2.27. The van der Waals surface area contributed by atoms with Gasteiger partial charge in [0.1, 0.15) is 0 Å². The minimum absolute atomic E-state index is 0.319. The van der Waals surface area contributed by atoms with E-state index < -0.39 is 0 Å². The van der Waals surface area contributed by atoms with Gasteiger partial charge in [-0.1, -0.05) is 6.07 Å². The number of thioether (sulfide) groups is 1. The van der Waals surface area contributed by atoms with Crippen LogP contribution in [0.4, 0.5) is 0 Å². The second-order valence-electron chi connectivity index (χ2n) is 5.00. The number of ether oxygens (including phenoxy) is 2. The summed E-state index contributed by atoms with van der Waals surface area (Å²) in [6.07, 6.45) is 3.08. The van der Waals surface area contributed by atoms with Gasteiger partial charge in [0.15, 0.2) is 11.5 Å². The Kier molecular flexibility index (Phi) is 5.40. The van der Waals surface area contributed by atoms with Gasteiger partial charge in [-0.15, -0.1) is 0 Å². The second kappa shape index (κ2) is 7.06. The molecule has 2 unspecified atom stereocenters. The zero-order valence-electron chi connectivity index (χ0n) is 11.9. The maximum Gasteiger partial charge on any atom is 0.161 e. The van der Waals surface area contributed by atoms with Crippen molar-refractivity contribution >= 4 is 11.8 Å². The van der Waals surface area contributed by atoms with Crippen molar-refractivity contribution in [1.82, 2.24) is 5.32 Å². The quantitative estimate of drug-likeness (QED) is 0.897. The van der Waals surface area contributed by atoms with Crippen molar-refractivity contribution in [2.45, 2.75) is 32.4 Å². The molecule has 1 aromatic carbocycles. The van der Waals surface area contributed by atoms with Gasteiger partial charge in [-0.3, -0.25) is 0 Å². The fourth-order valence-corrected chi connectivity index (χ4v) is 2.87. The molecule has 0 amide bonds. The van der Waals surface area contributed by atoms with Crippen LogP contribution in [0.5, 0.6) is 11.5 Å². The molecule has 2 rings (SSSR count). The van der Waals surface area contributed by atoms with Crippen LogP contribution in [-0.4, -0.2) is 31.3 Å².